The molecule has 0 aliphatic heterocycles. The third-order valence-corrected chi connectivity index (χ3v) is 5.76. The third-order valence-electron chi connectivity index (χ3n) is 4.42. The van der Waals surface area contributed by atoms with Crippen molar-refractivity contribution in [2.24, 2.45) is 0 Å². The van der Waals surface area contributed by atoms with Crippen LogP contribution in [-0.4, -0.2) is 25.4 Å². The van der Waals surface area contributed by atoms with E-state index in [-0.39, 0.29) is 22.3 Å². The minimum atomic E-state index is -4.02. The Bertz CT molecular complexity index is 1080. The molecular weight excluding hydrogens is 393 g/mol. The van der Waals surface area contributed by atoms with Gasteiger partial charge in [0.15, 0.2) is 0 Å². The minimum Gasteiger partial charge on any atom is -0.356 e. The number of anilines is 1. The molecule has 1 aromatic heterocycles. The summed E-state index contributed by atoms with van der Waals surface area (Å²) in [7, 11) is -4.02. The van der Waals surface area contributed by atoms with Crippen molar-refractivity contribution in [1.29, 1.82) is 0 Å². The summed E-state index contributed by atoms with van der Waals surface area (Å²) >= 11 is 0. The average Bonchev–Trinajstić information content (AvgIpc) is 3.20. The van der Waals surface area contributed by atoms with Crippen LogP contribution in [0, 0.1) is 5.82 Å². The minimum absolute atomic E-state index is 0.0948. The molecule has 0 saturated heterocycles. The first-order valence-electron chi connectivity index (χ1n) is 9.16. The summed E-state index contributed by atoms with van der Waals surface area (Å²) in [5.41, 5.74) is 1.14. The molecule has 3 N–H and O–H groups in total. The molecule has 0 radical (unpaired) electrons. The van der Waals surface area contributed by atoms with E-state index in [1.807, 2.05) is 37.3 Å². The standard InChI is InChI=1S/C21H22FN3O3S/c1-15(11-12-16-7-3-2-4-8-16)24-21(26)20-13-17(14-23-20)29(27,28)25-19-10-6-5-9-18(19)22/h2-10,13-15,23,25H,11-12H2,1H3,(H,24,26)/t15-/m0/s1. The van der Waals surface area contributed by atoms with Crippen LogP contribution >= 0.6 is 0 Å². The predicted molar refractivity (Wildman–Crippen MR) is 110 cm³/mol. The number of aromatic nitrogens is 1. The van der Waals surface area contributed by atoms with Gasteiger partial charge < -0.3 is 10.3 Å². The number of carbonyl (C=O) groups is 1. The third kappa shape index (κ3) is 5.45. The van der Waals surface area contributed by atoms with Gasteiger partial charge in [0.1, 0.15) is 16.4 Å². The highest BCUT2D eigenvalue weighted by molar-refractivity contribution is 7.92. The molecule has 3 aromatic rings. The molecule has 0 aliphatic rings. The number of para-hydroxylation sites is 1. The number of halogens is 1. The van der Waals surface area contributed by atoms with E-state index >= 15 is 0 Å². The summed E-state index contributed by atoms with van der Waals surface area (Å²) in [6.07, 6.45) is 2.77. The number of benzene rings is 2. The Morgan fingerprint density at radius 1 is 1.10 bits per heavy atom. The second-order valence-electron chi connectivity index (χ2n) is 6.73. The van der Waals surface area contributed by atoms with Crippen molar-refractivity contribution in [3.05, 3.63) is 83.9 Å². The number of amides is 1. The number of hydrogen-bond donors (Lipinski definition) is 3. The largest absolute Gasteiger partial charge is 0.356 e. The monoisotopic (exact) mass is 415 g/mol. The lowest BCUT2D eigenvalue weighted by Gasteiger charge is -2.13. The summed E-state index contributed by atoms with van der Waals surface area (Å²) in [5.74, 6) is -1.09. The molecule has 152 valence electrons. The molecule has 1 heterocycles. The number of nitrogens with one attached hydrogen (secondary N) is 3. The molecule has 8 heteroatoms. The topological polar surface area (TPSA) is 91.1 Å². The molecule has 0 unspecified atom stereocenters. The lowest BCUT2D eigenvalue weighted by molar-refractivity contribution is 0.0934. The van der Waals surface area contributed by atoms with E-state index in [4.69, 9.17) is 0 Å². The molecule has 6 nitrogen and oxygen atoms in total. The van der Waals surface area contributed by atoms with Gasteiger partial charge in [0.25, 0.3) is 15.9 Å². The van der Waals surface area contributed by atoms with E-state index in [0.29, 0.717) is 0 Å². The Balaban J connectivity index is 1.61. The molecule has 0 spiro atoms. The van der Waals surface area contributed by atoms with E-state index in [1.54, 1.807) is 0 Å². The van der Waals surface area contributed by atoms with Crippen LogP contribution in [-0.2, 0) is 16.4 Å². The summed E-state index contributed by atoms with van der Waals surface area (Å²) < 4.78 is 40.8. The van der Waals surface area contributed by atoms with Crippen molar-refractivity contribution in [3.63, 3.8) is 0 Å². The van der Waals surface area contributed by atoms with E-state index in [2.05, 4.69) is 15.0 Å². The first-order valence-corrected chi connectivity index (χ1v) is 10.6. The highest BCUT2D eigenvalue weighted by Crippen LogP contribution is 2.19. The number of H-pyrrole nitrogens is 1. The molecule has 0 fully saturated rings. The first kappa shape index (κ1) is 20.6. The summed E-state index contributed by atoms with van der Waals surface area (Å²) in [5, 5.41) is 2.84. The molecule has 0 saturated carbocycles. The second-order valence-corrected chi connectivity index (χ2v) is 8.42. The van der Waals surface area contributed by atoms with Crippen molar-refractivity contribution in [3.8, 4) is 0 Å². The quantitative estimate of drug-likeness (QED) is 0.524. The highest BCUT2D eigenvalue weighted by Gasteiger charge is 2.20. The zero-order valence-corrected chi connectivity index (χ0v) is 16.7. The van der Waals surface area contributed by atoms with E-state index in [0.717, 1.165) is 18.9 Å². The molecular formula is C21H22FN3O3S. The van der Waals surface area contributed by atoms with Gasteiger partial charge in [0, 0.05) is 12.2 Å². The summed E-state index contributed by atoms with van der Waals surface area (Å²) in [4.78, 5) is 14.9. The van der Waals surface area contributed by atoms with Crippen molar-refractivity contribution >= 4 is 21.6 Å². The van der Waals surface area contributed by atoms with E-state index in [1.165, 1.54) is 36.0 Å². The molecule has 1 amide bonds. The second kappa shape index (κ2) is 8.91. The van der Waals surface area contributed by atoms with Crippen LogP contribution in [0.15, 0.2) is 71.8 Å². The van der Waals surface area contributed by atoms with E-state index in [9.17, 15) is 17.6 Å². The molecule has 3 rings (SSSR count). The fourth-order valence-corrected chi connectivity index (χ4v) is 3.87. The lowest BCUT2D eigenvalue weighted by Crippen LogP contribution is -2.33. The van der Waals surface area contributed by atoms with Crippen molar-refractivity contribution < 1.29 is 17.6 Å². The number of rotatable bonds is 8. The van der Waals surface area contributed by atoms with Gasteiger partial charge in [-0.3, -0.25) is 9.52 Å². The van der Waals surface area contributed by atoms with E-state index < -0.39 is 21.7 Å². The lowest BCUT2D eigenvalue weighted by atomic mass is 10.1. The molecule has 1 atom stereocenters. The average molecular weight is 415 g/mol. The molecule has 0 aliphatic carbocycles. The zero-order valence-electron chi connectivity index (χ0n) is 15.9. The van der Waals surface area contributed by atoms with Gasteiger partial charge >= 0.3 is 0 Å². The van der Waals surface area contributed by atoms with Gasteiger partial charge in [0.2, 0.25) is 0 Å². The van der Waals surface area contributed by atoms with Gasteiger partial charge in [-0.25, -0.2) is 12.8 Å². The van der Waals surface area contributed by atoms with Gasteiger partial charge in [-0.2, -0.15) is 0 Å². The maximum Gasteiger partial charge on any atom is 0.267 e. The molecule has 2 aromatic carbocycles. The normalized spacial score (nSPS) is 12.3. The van der Waals surface area contributed by atoms with Crippen LogP contribution in [0.2, 0.25) is 0 Å². The van der Waals surface area contributed by atoms with Gasteiger partial charge in [-0.15, -0.1) is 0 Å². The SMILES string of the molecule is C[C@@H](CCc1ccccc1)NC(=O)c1cc(S(=O)(=O)Nc2ccccc2F)c[nH]1. The summed E-state index contributed by atoms with van der Waals surface area (Å²) in [6.45, 7) is 1.89. The number of sulfonamides is 1. The fourth-order valence-electron chi connectivity index (χ4n) is 2.81. The molecule has 29 heavy (non-hydrogen) atoms. The maximum absolute atomic E-state index is 13.7. The predicted octanol–water partition coefficient (Wildman–Crippen LogP) is 3.71. The fraction of sp³-hybridized carbons (Fsp3) is 0.190. The van der Waals surface area contributed by atoms with Gasteiger partial charge in [0.05, 0.1) is 5.69 Å². The van der Waals surface area contributed by atoms with Gasteiger partial charge in [-0.05, 0) is 43.5 Å². The smallest absolute Gasteiger partial charge is 0.267 e. The number of aromatic amines is 1. The Morgan fingerprint density at radius 2 is 1.79 bits per heavy atom. The Morgan fingerprint density at radius 3 is 2.52 bits per heavy atom. The van der Waals surface area contributed by atoms with Gasteiger partial charge in [-0.1, -0.05) is 42.5 Å². The van der Waals surface area contributed by atoms with Crippen LogP contribution in [0.3, 0.4) is 0 Å². The Hall–Kier alpha value is -3.13. The Labute approximate surface area is 169 Å². The van der Waals surface area contributed by atoms with Crippen molar-refractivity contribution in [1.82, 2.24) is 10.3 Å². The first-order chi connectivity index (χ1) is 13.8. The molecule has 0 bridgehead atoms. The van der Waals surface area contributed by atoms with Crippen LogP contribution in [0.1, 0.15) is 29.4 Å². The van der Waals surface area contributed by atoms with Crippen LogP contribution in [0.5, 0.6) is 0 Å². The Kier molecular flexibility index (Phi) is 6.33. The zero-order chi connectivity index (χ0) is 20.9. The van der Waals surface area contributed by atoms with Crippen LogP contribution < -0.4 is 10.0 Å². The maximum atomic E-state index is 13.7. The van der Waals surface area contributed by atoms with Crippen LogP contribution in [0.4, 0.5) is 10.1 Å². The number of aryl methyl sites for hydroxylation is 1. The summed E-state index contributed by atoms with van der Waals surface area (Å²) in [6, 6.07) is 16.5. The highest BCUT2D eigenvalue weighted by atomic mass is 32.2. The van der Waals surface area contributed by atoms with Crippen molar-refractivity contribution in [2.45, 2.75) is 30.7 Å². The number of hydrogen-bond acceptors (Lipinski definition) is 3. The number of carbonyl (C=O) groups excluding carboxylic acids is 1. The van der Waals surface area contributed by atoms with Crippen molar-refractivity contribution in [2.75, 3.05) is 4.72 Å². The van der Waals surface area contributed by atoms with Crippen LogP contribution in [0.25, 0.3) is 0 Å².